The van der Waals surface area contributed by atoms with Crippen molar-refractivity contribution in [2.45, 2.75) is 13.8 Å². The molecule has 0 N–H and O–H groups in total. The first-order chi connectivity index (χ1) is 19.2. The van der Waals surface area contributed by atoms with Crippen LogP contribution in [-0.4, -0.2) is 106 Å². The molecule has 9 heteroatoms. The highest BCUT2D eigenvalue weighted by Gasteiger charge is 1.97. The second-order valence-corrected chi connectivity index (χ2v) is 8.61. The summed E-state index contributed by atoms with van der Waals surface area (Å²) in [5.41, 5.74) is 2.43. The standard InChI is InChI=1S/C30H46O9/c1-27-3-7-29(8-4-27)38-25-23-36-21-19-34-17-15-32-13-11-31-12-14-33-16-18-35-20-22-37-24-26-39-30-9-5-28(2)6-10-30/h3-10H,11-26H2,1-2H3. The van der Waals surface area contributed by atoms with Crippen molar-refractivity contribution in [1.29, 1.82) is 0 Å². The molecule has 0 heterocycles. The molecule has 0 aliphatic rings. The first-order valence-electron chi connectivity index (χ1n) is 13.7. The van der Waals surface area contributed by atoms with E-state index in [4.69, 9.17) is 42.6 Å². The topological polar surface area (TPSA) is 83.1 Å². The summed E-state index contributed by atoms with van der Waals surface area (Å²) < 4.78 is 49.6. The number of hydrogen-bond donors (Lipinski definition) is 0. The summed E-state index contributed by atoms with van der Waals surface area (Å²) in [6.45, 7) is 12.5. The van der Waals surface area contributed by atoms with Crippen LogP contribution < -0.4 is 9.47 Å². The quantitative estimate of drug-likeness (QED) is 0.162. The SMILES string of the molecule is Cc1ccc(OCCOCCOCCOCCOCCOCCOCCOCCOc2ccc(C)cc2)cc1. The molecule has 0 bridgehead atoms. The highest BCUT2D eigenvalue weighted by molar-refractivity contribution is 5.26. The molecule has 0 spiro atoms. The summed E-state index contributed by atoms with van der Waals surface area (Å²) in [5, 5.41) is 0. The lowest BCUT2D eigenvalue weighted by Crippen LogP contribution is -2.15. The predicted octanol–water partition coefficient (Wildman–Crippen LogP) is 3.88. The van der Waals surface area contributed by atoms with E-state index >= 15 is 0 Å². The van der Waals surface area contributed by atoms with Gasteiger partial charge in [-0.15, -0.1) is 0 Å². The molecule has 0 saturated heterocycles. The van der Waals surface area contributed by atoms with Crippen molar-refractivity contribution in [2.24, 2.45) is 0 Å². The Morgan fingerprint density at radius 3 is 0.744 bits per heavy atom. The molecule has 0 amide bonds. The predicted molar refractivity (Wildman–Crippen MR) is 149 cm³/mol. The van der Waals surface area contributed by atoms with E-state index in [0.717, 1.165) is 11.5 Å². The van der Waals surface area contributed by atoms with Crippen molar-refractivity contribution in [1.82, 2.24) is 0 Å². The largest absolute Gasteiger partial charge is 0.491 e. The van der Waals surface area contributed by atoms with Crippen LogP contribution in [-0.2, 0) is 33.2 Å². The number of hydrogen-bond acceptors (Lipinski definition) is 9. The van der Waals surface area contributed by atoms with E-state index in [9.17, 15) is 0 Å². The second-order valence-electron chi connectivity index (χ2n) is 8.61. The Labute approximate surface area is 233 Å². The molecule has 2 aromatic rings. The average Bonchev–Trinajstić information content (AvgIpc) is 2.95. The zero-order chi connectivity index (χ0) is 27.6. The summed E-state index contributed by atoms with van der Waals surface area (Å²) in [6.07, 6.45) is 0. The zero-order valence-corrected chi connectivity index (χ0v) is 23.6. The van der Waals surface area contributed by atoms with Gasteiger partial charge in [0.2, 0.25) is 0 Å². The Bertz CT molecular complexity index is 732. The summed E-state index contributed by atoms with van der Waals surface area (Å²) >= 11 is 0. The summed E-state index contributed by atoms with van der Waals surface area (Å²) in [5.74, 6) is 1.71. The van der Waals surface area contributed by atoms with Crippen LogP contribution in [0.3, 0.4) is 0 Å². The van der Waals surface area contributed by atoms with E-state index in [0.29, 0.717) is 106 Å². The minimum Gasteiger partial charge on any atom is -0.491 e. The number of ether oxygens (including phenoxy) is 9. The molecule has 0 radical (unpaired) electrons. The third kappa shape index (κ3) is 19.5. The van der Waals surface area contributed by atoms with Gasteiger partial charge in [-0.1, -0.05) is 35.4 Å². The van der Waals surface area contributed by atoms with Gasteiger partial charge in [0, 0.05) is 0 Å². The van der Waals surface area contributed by atoms with Crippen molar-refractivity contribution in [3.8, 4) is 11.5 Å². The third-order valence-electron chi connectivity index (χ3n) is 5.27. The number of benzene rings is 2. The summed E-state index contributed by atoms with van der Waals surface area (Å²) in [4.78, 5) is 0. The van der Waals surface area contributed by atoms with E-state index in [1.54, 1.807) is 0 Å². The molecule has 9 nitrogen and oxygen atoms in total. The van der Waals surface area contributed by atoms with Crippen LogP contribution in [0.4, 0.5) is 0 Å². The third-order valence-corrected chi connectivity index (χ3v) is 5.27. The van der Waals surface area contributed by atoms with Crippen molar-refractivity contribution < 1.29 is 42.6 Å². The Morgan fingerprint density at radius 2 is 0.513 bits per heavy atom. The second kappa shape index (κ2) is 23.6. The van der Waals surface area contributed by atoms with E-state index in [-0.39, 0.29) is 0 Å². The summed E-state index contributed by atoms with van der Waals surface area (Å²) in [6, 6.07) is 15.9. The highest BCUT2D eigenvalue weighted by atomic mass is 16.6. The van der Waals surface area contributed by atoms with Crippen molar-refractivity contribution >= 4 is 0 Å². The van der Waals surface area contributed by atoms with Crippen LogP contribution >= 0.6 is 0 Å². The van der Waals surface area contributed by atoms with Gasteiger partial charge in [0.15, 0.2) is 0 Å². The highest BCUT2D eigenvalue weighted by Crippen LogP contribution is 2.11. The maximum absolute atomic E-state index is 5.60. The Morgan fingerprint density at radius 1 is 0.308 bits per heavy atom. The molecule has 0 atom stereocenters. The van der Waals surface area contributed by atoms with Gasteiger partial charge < -0.3 is 42.6 Å². The molecule has 0 aromatic heterocycles. The van der Waals surface area contributed by atoms with Gasteiger partial charge >= 0.3 is 0 Å². The van der Waals surface area contributed by atoms with E-state index in [1.165, 1.54) is 11.1 Å². The number of aryl methyl sites for hydroxylation is 2. The molecule has 0 aliphatic carbocycles. The minimum atomic E-state index is 0.521. The van der Waals surface area contributed by atoms with Crippen LogP contribution in [0.2, 0.25) is 0 Å². The van der Waals surface area contributed by atoms with E-state index < -0.39 is 0 Å². The fourth-order valence-electron chi connectivity index (χ4n) is 3.13. The Balaban J connectivity index is 1.18. The van der Waals surface area contributed by atoms with Crippen LogP contribution in [0, 0.1) is 13.8 Å². The van der Waals surface area contributed by atoms with Gasteiger partial charge in [-0.05, 0) is 38.1 Å². The average molecular weight is 551 g/mol. The zero-order valence-electron chi connectivity index (χ0n) is 23.6. The molecule has 220 valence electrons. The lowest BCUT2D eigenvalue weighted by atomic mass is 10.2. The van der Waals surface area contributed by atoms with Gasteiger partial charge in [0.25, 0.3) is 0 Å². The minimum absolute atomic E-state index is 0.521. The monoisotopic (exact) mass is 550 g/mol. The van der Waals surface area contributed by atoms with Crippen LogP contribution in [0.5, 0.6) is 11.5 Å². The molecule has 2 rings (SSSR count). The molecule has 0 saturated carbocycles. The molecule has 0 aliphatic heterocycles. The maximum Gasteiger partial charge on any atom is 0.119 e. The molecular formula is C30H46O9. The summed E-state index contributed by atoms with van der Waals surface area (Å²) in [7, 11) is 0. The first-order valence-corrected chi connectivity index (χ1v) is 13.7. The van der Waals surface area contributed by atoms with Crippen LogP contribution in [0.15, 0.2) is 48.5 Å². The van der Waals surface area contributed by atoms with E-state index in [1.807, 2.05) is 62.4 Å². The normalized spacial score (nSPS) is 11.1. The Kier molecular flexibility index (Phi) is 20.0. The Hall–Kier alpha value is -2.24. The van der Waals surface area contributed by atoms with Crippen molar-refractivity contribution in [3.05, 3.63) is 59.7 Å². The van der Waals surface area contributed by atoms with Crippen LogP contribution in [0.1, 0.15) is 11.1 Å². The molecule has 2 aromatic carbocycles. The maximum atomic E-state index is 5.60. The first kappa shape index (κ1) is 33.0. The van der Waals surface area contributed by atoms with Crippen LogP contribution in [0.25, 0.3) is 0 Å². The smallest absolute Gasteiger partial charge is 0.119 e. The van der Waals surface area contributed by atoms with Gasteiger partial charge in [0.1, 0.15) is 24.7 Å². The lowest BCUT2D eigenvalue weighted by Gasteiger charge is -2.09. The molecule has 39 heavy (non-hydrogen) atoms. The molecule has 0 fully saturated rings. The lowest BCUT2D eigenvalue weighted by molar-refractivity contribution is -0.0218. The van der Waals surface area contributed by atoms with Gasteiger partial charge in [0.05, 0.1) is 92.5 Å². The van der Waals surface area contributed by atoms with Crippen molar-refractivity contribution in [2.75, 3.05) is 106 Å². The molecular weight excluding hydrogens is 504 g/mol. The van der Waals surface area contributed by atoms with E-state index in [2.05, 4.69) is 0 Å². The van der Waals surface area contributed by atoms with Gasteiger partial charge in [-0.25, -0.2) is 0 Å². The number of rotatable bonds is 26. The van der Waals surface area contributed by atoms with Crippen molar-refractivity contribution in [3.63, 3.8) is 0 Å². The molecule has 0 unspecified atom stereocenters. The fraction of sp³-hybridized carbons (Fsp3) is 0.600. The fourth-order valence-corrected chi connectivity index (χ4v) is 3.13. The van der Waals surface area contributed by atoms with Gasteiger partial charge in [-0.3, -0.25) is 0 Å². The van der Waals surface area contributed by atoms with Gasteiger partial charge in [-0.2, -0.15) is 0 Å².